The molecule has 1 saturated carbocycles. The fourth-order valence-corrected chi connectivity index (χ4v) is 6.23. The van der Waals surface area contributed by atoms with E-state index in [0.717, 1.165) is 36.3 Å². The van der Waals surface area contributed by atoms with Crippen molar-refractivity contribution < 1.29 is 13.2 Å². The van der Waals surface area contributed by atoms with Crippen LogP contribution in [-0.4, -0.2) is 36.7 Å². The minimum Gasteiger partial charge on any atom is -0.326 e. The molecule has 0 aliphatic heterocycles. The highest BCUT2D eigenvalue weighted by atomic mass is 32.2. The number of nitrogens with one attached hydrogen (secondary N) is 1. The topological polar surface area (TPSA) is 79.4 Å². The Bertz CT molecular complexity index is 1150. The monoisotopic (exact) mass is 469 g/mol. The summed E-state index contributed by atoms with van der Waals surface area (Å²) in [6, 6.07) is 16.3. The number of hydrogen-bond donors (Lipinski definition) is 1. The minimum absolute atomic E-state index is 0.0621. The average molecular weight is 470 g/mol. The molecule has 0 bridgehead atoms. The summed E-state index contributed by atoms with van der Waals surface area (Å²) < 4.78 is 27.4. The molecule has 8 heteroatoms. The van der Waals surface area contributed by atoms with E-state index in [4.69, 9.17) is 0 Å². The van der Waals surface area contributed by atoms with Crippen molar-refractivity contribution in [3.8, 4) is 10.6 Å². The lowest BCUT2D eigenvalue weighted by atomic mass is 9.96. The molecular weight excluding hydrogens is 442 g/mol. The van der Waals surface area contributed by atoms with Crippen LogP contribution in [0.4, 0.5) is 5.69 Å². The summed E-state index contributed by atoms with van der Waals surface area (Å²) in [6.45, 7) is 0. The van der Waals surface area contributed by atoms with Gasteiger partial charge in [0.15, 0.2) is 0 Å². The standard InChI is InChI=1S/C24H27N3O3S2/c1-27(21-10-6-3-7-11-21)32(29,30)22-14-12-19(13-15-22)25-23(28)16-20-17-31-24(26-20)18-8-4-2-5-9-18/h2,4-5,8-9,12-15,17,21H,3,6-7,10-11,16H2,1H3,(H,25,28). The van der Waals surface area contributed by atoms with Crippen molar-refractivity contribution in [2.45, 2.75) is 49.5 Å². The molecular formula is C24H27N3O3S2. The van der Waals surface area contributed by atoms with E-state index in [0.29, 0.717) is 11.4 Å². The molecule has 1 aliphatic carbocycles. The van der Waals surface area contributed by atoms with Gasteiger partial charge < -0.3 is 5.32 Å². The third kappa shape index (κ3) is 5.26. The fraction of sp³-hybridized carbons (Fsp3) is 0.333. The average Bonchev–Trinajstić information content (AvgIpc) is 3.28. The second kappa shape index (κ2) is 9.94. The van der Waals surface area contributed by atoms with Gasteiger partial charge in [0.2, 0.25) is 15.9 Å². The molecule has 1 amide bonds. The van der Waals surface area contributed by atoms with Crippen LogP contribution in [0.1, 0.15) is 37.8 Å². The molecule has 2 aromatic carbocycles. The maximum atomic E-state index is 13.0. The van der Waals surface area contributed by atoms with E-state index < -0.39 is 10.0 Å². The quantitative estimate of drug-likeness (QED) is 0.531. The molecule has 32 heavy (non-hydrogen) atoms. The normalized spacial score (nSPS) is 15.1. The summed E-state index contributed by atoms with van der Waals surface area (Å²) in [7, 11) is -1.88. The summed E-state index contributed by atoms with van der Waals surface area (Å²) >= 11 is 1.51. The first kappa shape index (κ1) is 22.6. The number of carbonyl (C=O) groups is 1. The molecule has 4 rings (SSSR count). The number of rotatable bonds is 7. The summed E-state index contributed by atoms with van der Waals surface area (Å²) in [5.74, 6) is -0.190. The second-order valence-corrected chi connectivity index (χ2v) is 10.9. The lowest BCUT2D eigenvalue weighted by molar-refractivity contribution is -0.115. The Hall–Kier alpha value is -2.55. The first-order chi connectivity index (χ1) is 15.4. The molecule has 6 nitrogen and oxygen atoms in total. The Morgan fingerprint density at radius 3 is 2.44 bits per heavy atom. The van der Waals surface area contributed by atoms with Crippen molar-refractivity contribution in [3.05, 3.63) is 65.7 Å². The van der Waals surface area contributed by atoms with Crippen LogP contribution >= 0.6 is 11.3 Å². The molecule has 1 aliphatic rings. The number of carbonyl (C=O) groups excluding carboxylic acids is 1. The molecule has 168 valence electrons. The Balaban J connectivity index is 1.37. The minimum atomic E-state index is -3.54. The number of amides is 1. The summed E-state index contributed by atoms with van der Waals surface area (Å²) in [5.41, 5.74) is 2.30. The van der Waals surface area contributed by atoms with Crippen molar-refractivity contribution >= 4 is 33.0 Å². The zero-order chi connectivity index (χ0) is 22.6. The van der Waals surface area contributed by atoms with Crippen LogP contribution in [-0.2, 0) is 21.2 Å². The van der Waals surface area contributed by atoms with Crippen LogP contribution in [0.3, 0.4) is 0 Å². The largest absolute Gasteiger partial charge is 0.326 e. The fourth-order valence-electron chi connectivity index (χ4n) is 3.99. The van der Waals surface area contributed by atoms with Crippen molar-refractivity contribution in [2.24, 2.45) is 0 Å². The lowest BCUT2D eigenvalue weighted by Gasteiger charge is -2.30. The van der Waals surface area contributed by atoms with Crippen LogP contribution in [0.25, 0.3) is 10.6 Å². The number of thiazole rings is 1. The number of benzene rings is 2. The van der Waals surface area contributed by atoms with Gasteiger partial charge in [-0.05, 0) is 37.1 Å². The molecule has 0 radical (unpaired) electrons. The highest BCUT2D eigenvalue weighted by molar-refractivity contribution is 7.89. The summed E-state index contributed by atoms with van der Waals surface area (Å²) in [4.78, 5) is 17.2. The Kier molecular flexibility index (Phi) is 7.03. The molecule has 1 N–H and O–H groups in total. The molecule has 0 atom stereocenters. The van der Waals surface area contributed by atoms with Crippen LogP contribution < -0.4 is 5.32 Å². The first-order valence-corrected chi connectivity index (χ1v) is 13.1. The molecule has 0 spiro atoms. The third-order valence-corrected chi connectivity index (χ3v) is 8.68. The number of anilines is 1. The Morgan fingerprint density at radius 2 is 1.75 bits per heavy atom. The van der Waals surface area contributed by atoms with E-state index in [1.807, 2.05) is 35.7 Å². The molecule has 1 heterocycles. The van der Waals surface area contributed by atoms with Crippen LogP contribution in [0.5, 0.6) is 0 Å². The van der Waals surface area contributed by atoms with Gasteiger partial charge in [-0.2, -0.15) is 4.31 Å². The van der Waals surface area contributed by atoms with E-state index in [9.17, 15) is 13.2 Å². The molecule has 1 fully saturated rings. The van der Waals surface area contributed by atoms with Crippen LogP contribution in [0.2, 0.25) is 0 Å². The number of nitrogens with zero attached hydrogens (tertiary/aromatic N) is 2. The summed E-state index contributed by atoms with van der Waals surface area (Å²) in [6.07, 6.45) is 5.29. The zero-order valence-electron chi connectivity index (χ0n) is 18.0. The van der Waals surface area contributed by atoms with Crippen molar-refractivity contribution in [3.63, 3.8) is 0 Å². The smallest absolute Gasteiger partial charge is 0.243 e. The van der Waals surface area contributed by atoms with Gasteiger partial charge in [-0.3, -0.25) is 4.79 Å². The maximum absolute atomic E-state index is 13.0. The number of sulfonamides is 1. The van der Waals surface area contributed by atoms with Gasteiger partial charge in [-0.1, -0.05) is 49.6 Å². The Labute approximate surface area is 193 Å². The molecule has 1 aromatic heterocycles. The lowest BCUT2D eigenvalue weighted by Crippen LogP contribution is -2.38. The Morgan fingerprint density at radius 1 is 1.06 bits per heavy atom. The van der Waals surface area contributed by atoms with E-state index in [1.165, 1.54) is 22.1 Å². The first-order valence-electron chi connectivity index (χ1n) is 10.8. The van der Waals surface area contributed by atoms with E-state index in [1.54, 1.807) is 31.3 Å². The maximum Gasteiger partial charge on any atom is 0.243 e. The molecule has 0 unspecified atom stereocenters. The van der Waals surface area contributed by atoms with Gasteiger partial charge in [0.25, 0.3) is 0 Å². The van der Waals surface area contributed by atoms with Crippen molar-refractivity contribution in [1.29, 1.82) is 0 Å². The van der Waals surface area contributed by atoms with E-state index in [2.05, 4.69) is 10.3 Å². The number of aromatic nitrogens is 1. The van der Waals surface area contributed by atoms with Gasteiger partial charge in [0.05, 0.1) is 17.0 Å². The van der Waals surface area contributed by atoms with Gasteiger partial charge in [-0.15, -0.1) is 11.3 Å². The van der Waals surface area contributed by atoms with Crippen molar-refractivity contribution in [2.75, 3.05) is 12.4 Å². The predicted molar refractivity (Wildman–Crippen MR) is 128 cm³/mol. The van der Waals surface area contributed by atoms with Crippen molar-refractivity contribution in [1.82, 2.24) is 9.29 Å². The highest BCUT2D eigenvalue weighted by Crippen LogP contribution is 2.27. The van der Waals surface area contributed by atoms with E-state index >= 15 is 0 Å². The SMILES string of the molecule is CN(C1CCCCC1)S(=O)(=O)c1ccc(NC(=O)Cc2csc(-c3ccccc3)n2)cc1. The molecule has 0 saturated heterocycles. The van der Waals surface area contributed by atoms with Crippen LogP contribution in [0, 0.1) is 0 Å². The molecule has 3 aromatic rings. The second-order valence-electron chi connectivity index (χ2n) is 8.07. The van der Waals surface area contributed by atoms with Gasteiger partial charge in [-0.25, -0.2) is 13.4 Å². The number of hydrogen-bond acceptors (Lipinski definition) is 5. The predicted octanol–water partition coefficient (Wildman–Crippen LogP) is 4.94. The van der Waals surface area contributed by atoms with E-state index in [-0.39, 0.29) is 23.3 Å². The van der Waals surface area contributed by atoms with Gasteiger partial charge in [0, 0.05) is 29.7 Å². The van der Waals surface area contributed by atoms with Gasteiger partial charge in [0.1, 0.15) is 5.01 Å². The third-order valence-electron chi connectivity index (χ3n) is 5.82. The van der Waals surface area contributed by atoms with Crippen LogP contribution in [0.15, 0.2) is 64.9 Å². The summed E-state index contributed by atoms with van der Waals surface area (Å²) in [5, 5.41) is 5.60. The zero-order valence-corrected chi connectivity index (χ0v) is 19.7. The highest BCUT2D eigenvalue weighted by Gasteiger charge is 2.28. The van der Waals surface area contributed by atoms with Gasteiger partial charge >= 0.3 is 0 Å².